The molecular formula is C11H23N3O. The number of carbonyl (C=O) groups excluding carboxylic acids is 1. The van der Waals surface area contributed by atoms with Crippen molar-refractivity contribution in [3.8, 4) is 0 Å². The molecule has 4 heteroatoms. The summed E-state index contributed by atoms with van der Waals surface area (Å²) >= 11 is 0. The number of piperazine rings is 1. The van der Waals surface area contributed by atoms with Crippen molar-refractivity contribution >= 4 is 5.91 Å². The molecule has 1 aliphatic rings. The first-order chi connectivity index (χ1) is 7.07. The van der Waals surface area contributed by atoms with E-state index < -0.39 is 0 Å². The summed E-state index contributed by atoms with van der Waals surface area (Å²) in [6.07, 6.45) is 0.972. The molecule has 1 aliphatic heterocycles. The van der Waals surface area contributed by atoms with E-state index in [1.54, 1.807) is 0 Å². The van der Waals surface area contributed by atoms with E-state index in [0.29, 0.717) is 12.5 Å². The number of hydrogen-bond donors (Lipinski definition) is 1. The summed E-state index contributed by atoms with van der Waals surface area (Å²) in [4.78, 5) is 16.1. The summed E-state index contributed by atoms with van der Waals surface area (Å²) in [5.74, 6) is 0.631. The minimum Gasteiger partial charge on any atom is -0.343 e. The largest absolute Gasteiger partial charge is 0.343 e. The van der Waals surface area contributed by atoms with Crippen molar-refractivity contribution in [1.29, 1.82) is 0 Å². The Balaban J connectivity index is 2.64. The second-order valence-corrected chi connectivity index (χ2v) is 4.63. The van der Waals surface area contributed by atoms with Crippen molar-refractivity contribution in [3.05, 3.63) is 0 Å². The van der Waals surface area contributed by atoms with Crippen LogP contribution in [0.4, 0.5) is 0 Å². The number of likely N-dealkylation sites (N-methyl/N-ethyl adjacent to an activating group) is 1. The lowest BCUT2D eigenvalue weighted by Crippen LogP contribution is -2.58. The maximum Gasteiger partial charge on any atom is 0.239 e. The molecule has 0 aromatic rings. The average Bonchev–Trinajstić information content (AvgIpc) is 2.19. The maximum atomic E-state index is 12.0. The van der Waals surface area contributed by atoms with Crippen LogP contribution < -0.4 is 5.73 Å². The van der Waals surface area contributed by atoms with Crippen molar-refractivity contribution in [2.45, 2.75) is 26.3 Å². The van der Waals surface area contributed by atoms with Crippen LogP contribution in [0.1, 0.15) is 20.3 Å². The van der Waals surface area contributed by atoms with Gasteiger partial charge in [-0.2, -0.15) is 0 Å². The van der Waals surface area contributed by atoms with Gasteiger partial charge in [0.25, 0.3) is 0 Å². The summed E-state index contributed by atoms with van der Waals surface area (Å²) in [6, 6.07) is 0.0512. The van der Waals surface area contributed by atoms with Crippen molar-refractivity contribution in [2.75, 3.05) is 33.2 Å². The topological polar surface area (TPSA) is 49.6 Å². The lowest BCUT2D eigenvalue weighted by Gasteiger charge is -2.41. The molecule has 1 unspecified atom stereocenters. The van der Waals surface area contributed by atoms with Crippen LogP contribution in [0, 0.1) is 5.92 Å². The molecule has 0 radical (unpaired) electrons. The quantitative estimate of drug-likeness (QED) is 0.722. The highest BCUT2D eigenvalue weighted by molar-refractivity contribution is 5.82. The number of nitrogens with two attached hydrogens (primary N) is 1. The van der Waals surface area contributed by atoms with E-state index in [4.69, 9.17) is 5.73 Å². The van der Waals surface area contributed by atoms with Crippen LogP contribution in [-0.4, -0.2) is 55.0 Å². The standard InChI is InChI=1S/C11H23N3O/c1-9(2)10-11(15)13(3)7-8-14(10)6-4-5-12/h9-10H,4-8,12H2,1-3H3. The molecule has 15 heavy (non-hydrogen) atoms. The summed E-state index contributed by atoms with van der Waals surface area (Å²) in [5.41, 5.74) is 5.51. The van der Waals surface area contributed by atoms with Crippen LogP contribution in [0.3, 0.4) is 0 Å². The van der Waals surface area contributed by atoms with Gasteiger partial charge in [0.05, 0.1) is 6.04 Å². The van der Waals surface area contributed by atoms with Crippen molar-refractivity contribution in [2.24, 2.45) is 11.7 Å². The predicted molar refractivity (Wildman–Crippen MR) is 61.5 cm³/mol. The van der Waals surface area contributed by atoms with Gasteiger partial charge in [0, 0.05) is 26.7 Å². The molecule has 1 rings (SSSR count). The Kier molecular flexibility index (Phi) is 4.54. The third kappa shape index (κ3) is 2.92. The van der Waals surface area contributed by atoms with E-state index in [-0.39, 0.29) is 11.9 Å². The molecule has 1 atom stereocenters. The monoisotopic (exact) mass is 213 g/mol. The van der Waals surface area contributed by atoms with Gasteiger partial charge >= 0.3 is 0 Å². The summed E-state index contributed by atoms with van der Waals surface area (Å²) in [5, 5.41) is 0. The van der Waals surface area contributed by atoms with Gasteiger partial charge < -0.3 is 10.6 Å². The molecule has 1 heterocycles. The summed E-state index contributed by atoms with van der Waals surface area (Å²) in [6.45, 7) is 7.68. The normalized spacial score (nSPS) is 23.9. The molecule has 88 valence electrons. The van der Waals surface area contributed by atoms with Gasteiger partial charge in [-0.1, -0.05) is 13.8 Å². The fraction of sp³-hybridized carbons (Fsp3) is 0.909. The zero-order chi connectivity index (χ0) is 11.4. The Morgan fingerprint density at radius 3 is 2.67 bits per heavy atom. The van der Waals surface area contributed by atoms with E-state index >= 15 is 0 Å². The highest BCUT2D eigenvalue weighted by Crippen LogP contribution is 2.17. The number of carbonyl (C=O) groups is 1. The smallest absolute Gasteiger partial charge is 0.239 e. The highest BCUT2D eigenvalue weighted by atomic mass is 16.2. The average molecular weight is 213 g/mol. The van der Waals surface area contributed by atoms with Crippen molar-refractivity contribution < 1.29 is 4.79 Å². The van der Waals surface area contributed by atoms with Crippen LogP contribution in [0.2, 0.25) is 0 Å². The maximum absolute atomic E-state index is 12.0. The third-order valence-corrected chi connectivity index (χ3v) is 3.03. The van der Waals surface area contributed by atoms with Crippen LogP contribution >= 0.6 is 0 Å². The Morgan fingerprint density at radius 1 is 1.47 bits per heavy atom. The van der Waals surface area contributed by atoms with Crippen molar-refractivity contribution in [3.63, 3.8) is 0 Å². The molecule has 0 bridgehead atoms. The van der Waals surface area contributed by atoms with E-state index in [2.05, 4.69) is 18.7 Å². The molecule has 1 fully saturated rings. The van der Waals surface area contributed by atoms with Gasteiger partial charge in [-0.3, -0.25) is 9.69 Å². The van der Waals surface area contributed by atoms with E-state index in [1.165, 1.54) is 0 Å². The van der Waals surface area contributed by atoms with Gasteiger partial charge in [-0.15, -0.1) is 0 Å². The van der Waals surface area contributed by atoms with Gasteiger partial charge in [0.2, 0.25) is 5.91 Å². The number of nitrogens with zero attached hydrogens (tertiary/aromatic N) is 2. The van der Waals surface area contributed by atoms with Crippen LogP contribution in [0.25, 0.3) is 0 Å². The second kappa shape index (κ2) is 5.47. The van der Waals surface area contributed by atoms with E-state index in [1.807, 2.05) is 11.9 Å². The number of hydrogen-bond acceptors (Lipinski definition) is 3. The fourth-order valence-electron chi connectivity index (χ4n) is 2.16. The third-order valence-electron chi connectivity index (χ3n) is 3.03. The molecule has 1 saturated heterocycles. The zero-order valence-corrected chi connectivity index (χ0v) is 10.1. The van der Waals surface area contributed by atoms with Crippen LogP contribution in [0.5, 0.6) is 0 Å². The van der Waals surface area contributed by atoms with Gasteiger partial charge in [-0.25, -0.2) is 0 Å². The zero-order valence-electron chi connectivity index (χ0n) is 10.1. The van der Waals surface area contributed by atoms with Crippen LogP contribution in [-0.2, 0) is 4.79 Å². The molecule has 0 aliphatic carbocycles. The summed E-state index contributed by atoms with van der Waals surface area (Å²) < 4.78 is 0. The Bertz CT molecular complexity index is 216. The minimum absolute atomic E-state index is 0.0512. The molecule has 2 N–H and O–H groups in total. The van der Waals surface area contributed by atoms with Gasteiger partial charge in [0.15, 0.2) is 0 Å². The molecule has 4 nitrogen and oxygen atoms in total. The van der Waals surface area contributed by atoms with Crippen LogP contribution in [0.15, 0.2) is 0 Å². The summed E-state index contributed by atoms with van der Waals surface area (Å²) in [7, 11) is 1.89. The molecule has 0 spiro atoms. The Labute approximate surface area is 92.4 Å². The molecule has 0 saturated carbocycles. The second-order valence-electron chi connectivity index (χ2n) is 4.63. The molecular weight excluding hydrogens is 190 g/mol. The van der Waals surface area contributed by atoms with Gasteiger partial charge in [-0.05, 0) is 18.9 Å². The molecule has 0 aromatic carbocycles. The first-order valence-corrected chi connectivity index (χ1v) is 5.77. The highest BCUT2D eigenvalue weighted by Gasteiger charge is 2.34. The molecule has 1 amide bonds. The Hall–Kier alpha value is -0.610. The van der Waals surface area contributed by atoms with Gasteiger partial charge in [0.1, 0.15) is 0 Å². The minimum atomic E-state index is 0.0512. The Morgan fingerprint density at radius 2 is 2.13 bits per heavy atom. The number of rotatable bonds is 4. The SMILES string of the molecule is CC(C)C1C(=O)N(C)CCN1CCCN. The lowest BCUT2D eigenvalue weighted by molar-refractivity contribution is -0.142. The first-order valence-electron chi connectivity index (χ1n) is 5.77. The fourth-order valence-corrected chi connectivity index (χ4v) is 2.16. The number of amides is 1. The van der Waals surface area contributed by atoms with E-state index in [9.17, 15) is 4.79 Å². The molecule has 0 aromatic heterocycles. The lowest BCUT2D eigenvalue weighted by atomic mass is 9.98. The van der Waals surface area contributed by atoms with E-state index in [0.717, 1.165) is 26.1 Å². The first kappa shape index (κ1) is 12.5. The predicted octanol–water partition coefficient (Wildman–Crippen LogP) is 0.134. The van der Waals surface area contributed by atoms with Crippen molar-refractivity contribution in [1.82, 2.24) is 9.80 Å².